The second-order valence-corrected chi connectivity index (χ2v) is 13.6. The summed E-state index contributed by atoms with van der Waals surface area (Å²) in [5.41, 5.74) is 0. The van der Waals surface area contributed by atoms with Crippen LogP contribution in [-0.2, 0) is 9.22 Å². The van der Waals surface area contributed by atoms with E-state index in [1.165, 1.54) is 10.4 Å². The Hall–Kier alpha value is -1.18. The van der Waals surface area contributed by atoms with E-state index in [9.17, 15) is 4.79 Å². The summed E-state index contributed by atoms with van der Waals surface area (Å²) in [6.45, 7) is 7.30. The number of carboxylic acids is 1. The van der Waals surface area contributed by atoms with Gasteiger partial charge in [-0.15, -0.1) is 0 Å². The van der Waals surface area contributed by atoms with Crippen molar-refractivity contribution < 1.29 is 14.3 Å². The van der Waals surface area contributed by atoms with Crippen LogP contribution in [0.3, 0.4) is 0 Å². The minimum atomic E-state index is -2.52. The maximum Gasteiger partial charge on any atom is 0.303 e. The molecule has 0 aliphatic rings. The minimum Gasteiger partial charge on any atom is -0.481 e. The third kappa shape index (κ3) is 4.95. The minimum absolute atomic E-state index is 0.0567. The second kappa shape index (κ2) is 9.15. The lowest BCUT2D eigenvalue weighted by Gasteiger charge is -2.43. The highest BCUT2D eigenvalue weighted by Gasteiger charge is 2.50. The summed E-state index contributed by atoms with van der Waals surface area (Å²) in [4.78, 5) is 10.9. The number of carboxylic acid groups (broad SMARTS) is 1. The summed E-state index contributed by atoms with van der Waals surface area (Å²) in [6, 6.07) is 21.0. The van der Waals surface area contributed by atoms with Crippen molar-refractivity contribution in [3.63, 3.8) is 0 Å². The Kier molecular flexibility index (Phi) is 7.43. The predicted molar refractivity (Wildman–Crippen MR) is 118 cm³/mol. The van der Waals surface area contributed by atoms with Gasteiger partial charge in [-0.2, -0.15) is 0 Å². The fourth-order valence-corrected chi connectivity index (χ4v) is 8.78. The molecule has 0 unspecified atom stereocenters. The summed E-state index contributed by atoms with van der Waals surface area (Å²) < 4.78 is 6.97. The van der Waals surface area contributed by atoms with Crippen molar-refractivity contribution >= 4 is 47.3 Å². The number of carbonyl (C=O) groups is 1. The Morgan fingerprint density at radius 2 is 1.50 bits per heavy atom. The Bertz CT molecular complexity index is 659. The molecule has 0 spiro atoms. The SMILES string of the molecule is CC(C)(C)[Si](OC[C@H](I)CCC(=O)O)(c1ccccc1)c1ccccc1. The first kappa shape index (κ1) is 21.1. The lowest BCUT2D eigenvalue weighted by Crippen LogP contribution is -2.67. The smallest absolute Gasteiger partial charge is 0.303 e. The zero-order chi connectivity index (χ0) is 19.2. The van der Waals surface area contributed by atoms with Crippen LogP contribution >= 0.6 is 22.6 Å². The standard InChI is InChI=1S/C21H27IO3Si/c1-21(2,3)26(18-10-6-4-7-11-18,19-12-8-5-9-13-19)25-16-17(22)14-15-20(23)24/h4-13,17H,14-16H2,1-3H3,(H,23,24)/t17-/m1/s1. The van der Waals surface area contributed by atoms with Gasteiger partial charge in [0.2, 0.25) is 0 Å². The first-order chi connectivity index (χ1) is 12.3. The predicted octanol–water partition coefficient (Wildman–Crippen LogP) is 4.23. The maximum absolute atomic E-state index is 10.9. The van der Waals surface area contributed by atoms with E-state index in [1.54, 1.807) is 0 Å². The van der Waals surface area contributed by atoms with Gasteiger partial charge in [-0.1, -0.05) is 104 Å². The van der Waals surface area contributed by atoms with Crippen molar-refractivity contribution in [1.82, 2.24) is 0 Å². The number of halogens is 1. The summed E-state index contributed by atoms with van der Waals surface area (Å²) in [7, 11) is -2.52. The van der Waals surface area contributed by atoms with Gasteiger partial charge >= 0.3 is 5.97 Å². The zero-order valence-corrected chi connectivity index (χ0v) is 18.8. The Labute approximate surface area is 171 Å². The highest BCUT2D eigenvalue weighted by atomic mass is 127. The van der Waals surface area contributed by atoms with Crippen molar-refractivity contribution in [1.29, 1.82) is 0 Å². The topological polar surface area (TPSA) is 46.5 Å². The summed E-state index contributed by atoms with van der Waals surface area (Å²) in [5, 5.41) is 11.4. The molecule has 0 fully saturated rings. The van der Waals surface area contributed by atoms with E-state index in [0.29, 0.717) is 13.0 Å². The lowest BCUT2D eigenvalue weighted by molar-refractivity contribution is -0.137. The second-order valence-electron chi connectivity index (χ2n) is 7.50. The monoisotopic (exact) mass is 482 g/mol. The molecule has 1 atom stereocenters. The Morgan fingerprint density at radius 1 is 1.04 bits per heavy atom. The molecule has 1 N–H and O–H groups in total. The first-order valence-corrected chi connectivity index (χ1v) is 12.0. The van der Waals surface area contributed by atoms with Crippen molar-refractivity contribution in [3.8, 4) is 0 Å². The third-order valence-electron chi connectivity index (χ3n) is 4.57. The van der Waals surface area contributed by atoms with E-state index in [1.807, 2.05) is 12.1 Å². The number of rotatable bonds is 8. The van der Waals surface area contributed by atoms with Crippen LogP contribution in [0, 0.1) is 0 Å². The number of hydrogen-bond acceptors (Lipinski definition) is 2. The molecule has 26 heavy (non-hydrogen) atoms. The van der Waals surface area contributed by atoms with Gasteiger partial charge in [0.25, 0.3) is 8.32 Å². The van der Waals surface area contributed by atoms with E-state index in [2.05, 4.69) is 91.9 Å². The van der Waals surface area contributed by atoms with Gasteiger partial charge in [0.15, 0.2) is 0 Å². The van der Waals surface area contributed by atoms with Gasteiger partial charge in [-0.05, 0) is 21.8 Å². The van der Waals surface area contributed by atoms with Crippen LogP contribution in [0.2, 0.25) is 5.04 Å². The molecule has 0 aliphatic carbocycles. The van der Waals surface area contributed by atoms with Crippen LogP contribution < -0.4 is 10.4 Å². The van der Waals surface area contributed by atoms with E-state index in [-0.39, 0.29) is 15.4 Å². The molecule has 2 aromatic carbocycles. The largest absolute Gasteiger partial charge is 0.481 e. The molecule has 0 amide bonds. The van der Waals surface area contributed by atoms with Crippen LogP contribution in [-0.4, -0.2) is 29.9 Å². The summed E-state index contributed by atoms with van der Waals surface area (Å²) in [5.74, 6) is -0.753. The van der Waals surface area contributed by atoms with Gasteiger partial charge in [-0.25, -0.2) is 0 Å². The fraction of sp³-hybridized carbons (Fsp3) is 0.381. The molecule has 2 aromatic rings. The molecule has 0 bridgehead atoms. The van der Waals surface area contributed by atoms with Gasteiger partial charge in [0.05, 0.1) is 0 Å². The van der Waals surface area contributed by atoms with Gasteiger partial charge in [0.1, 0.15) is 0 Å². The molecule has 3 nitrogen and oxygen atoms in total. The zero-order valence-electron chi connectivity index (χ0n) is 15.6. The molecule has 5 heteroatoms. The highest BCUT2D eigenvalue weighted by molar-refractivity contribution is 14.1. The fourth-order valence-electron chi connectivity index (χ4n) is 3.34. The van der Waals surface area contributed by atoms with Crippen LogP contribution in [0.4, 0.5) is 0 Å². The van der Waals surface area contributed by atoms with E-state index in [0.717, 1.165) is 0 Å². The normalized spacial score (nSPS) is 13.4. The molecule has 0 aromatic heterocycles. The average Bonchev–Trinajstić information content (AvgIpc) is 2.61. The Balaban J connectivity index is 2.42. The van der Waals surface area contributed by atoms with Crippen molar-refractivity contribution in [3.05, 3.63) is 60.7 Å². The number of aliphatic carboxylic acids is 1. The molecule has 0 heterocycles. The highest BCUT2D eigenvalue weighted by Crippen LogP contribution is 2.37. The summed E-state index contributed by atoms with van der Waals surface area (Å²) >= 11 is 2.32. The molecular weight excluding hydrogens is 455 g/mol. The number of hydrogen-bond donors (Lipinski definition) is 1. The van der Waals surface area contributed by atoms with E-state index < -0.39 is 14.3 Å². The van der Waals surface area contributed by atoms with Crippen molar-refractivity contribution in [2.75, 3.05) is 6.61 Å². The molecule has 0 saturated heterocycles. The van der Waals surface area contributed by atoms with Crippen molar-refractivity contribution in [2.45, 2.75) is 42.6 Å². The van der Waals surface area contributed by atoms with Gasteiger partial charge < -0.3 is 9.53 Å². The molecule has 0 saturated carbocycles. The average molecular weight is 482 g/mol. The number of benzene rings is 2. The van der Waals surface area contributed by atoms with E-state index in [4.69, 9.17) is 9.53 Å². The first-order valence-electron chi connectivity index (χ1n) is 8.88. The number of alkyl halides is 1. The molecule has 140 valence electrons. The molecule has 2 rings (SSSR count). The van der Waals surface area contributed by atoms with Crippen molar-refractivity contribution in [2.24, 2.45) is 0 Å². The van der Waals surface area contributed by atoms with Crippen LogP contribution in [0.15, 0.2) is 60.7 Å². The quantitative estimate of drug-likeness (QED) is 0.348. The molecule has 0 radical (unpaired) electrons. The van der Waals surface area contributed by atoms with Crippen LogP contribution in [0.1, 0.15) is 33.6 Å². The third-order valence-corrected chi connectivity index (χ3v) is 10.6. The van der Waals surface area contributed by atoms with Gasteiger partial charge in [0, 0.05) is 17.0 Å². The Morgan fingerprint density at radius 3 is 1.88 bits per heavy atom. The van der Waals surface area contributed by atoms with Crippen LogP contribution in [0.5, 0.6) is 0 Å². The molecule has 0 aliphatic heterocycles. The van der Waals surface area contributed by atoms with Crippen LogP contribution in [0.25, 0.3) is 0 Å². The molecular formula is C21H27IO3Si. The maximum atomic E-state index is 10.9. The van der Waals surface area contributed by atoms with E-state index >= 15 is 0 Å². The summed E-state index contributed by atoms with van der Waals surface area (Å²) in [6.07, 6.45) is 0.797. The lowest BCUT2D eigenvalue weighted by atomic mass is 10.2. The van der Waals surface area contributed by atoms with Gasteiger partial charge in [-0.3, -0.25) is 4.79 Å².